The summed E-state index contributed by atoms with van der Waals surface area (Å²) >= 11 is 0. The number of piperazine rings is 1. The molecular weight excluding hydrogens is 308 g/mol. The van der Waals surface area contributed by atoms with E-state index < -0.39 is 5.97 Å². The van der Waals surface area contributed by atoms with Crippen molar-refractivity contribution in [2.75, 3.05) is 31.1 Å². The Hall–Kier alpha value is -2.41. The Labute approximate surface area is 140 Å². The topological polar surface area (TPSA) is 82.7 Å². The van der Waals surface area contributed by atoms with Crippen LogP contribution < -0.4 is 4.90 Å². The SMILES string of the molecule is CC(C)c1nc(N2CCN(Cc3ccc(C(=O)O)cc3)CC2)no1. The maximum absolute atomic E-state index is 10.9. The second-order valence-corrected chi connectivity index (χ2v) is 6.35. The van der Waals surface area contributed by atoms with E-state index in [1.54, 1.807) is 12.1 Å². The minimum absolute atomic E-state index is 0.237. The molecule has 0 unspecified atom stereocenters. The van der Waals surface area contributed by atoms with Crippen molar-refractivity contribution in [3.63, 3.8) is 0 Å². The third-order valence-electron chi connectivity index (χ3n) is 4.19. The average Bonchev–Trinajstić information content (AvgIpc) is 3.06. The van der Waals surface area contributed by atoms with Crippen LogP contribution in [0, 0.1) is 0 Å². The van der Waals surface area contributed by atoms with Gasteiger partial charge in [-0.3, -0.25) is 4.90 Å². The fourth-order valence-corrected chi connectivity index (χ4v) is 2.71. The molecule has 1 aliphatic heterocycles. The van der Waals surface area contributed by atoms with Gasteiger partial charge in [0.05, 0.1) is 5.56 Å². The Kier molecular flexibility index (Phi) is 4.80. The van der Waals surface area contributed by atoms with Crippen LogP contribution in [-0.4, -0.2) is 52.3 Å². The molecule has 1 fully saturated rings. The molecule has 1 aromatic heterocycles. The Bertz CT molecular complexity index is 688. The molecule has 3 rings (SSSR count). The summed E-state index contributed by atoms with van der Waals surface area (Å²) in [6, 6.07) is 7.06. The zero-order chi connectivity index (χ0) is 17.1. The summed E-state index contributed by atoms with van der Waals surface area (Å²) in [5, 5.41) is 13.0. The van der Waals surface area contributed by atoms with E-state index in [1.807, 2.05) is 26.0 Å². The molecule has 0 spiro atoms. The van der Waals surface area contributed by atoms with E-state index in [1.165, 1.54) is 0 Å². The number of carboxylic acids is 1. The van der Waals surface area contributed by atoms with Crippen molar-refractivity contribution in [2.24, 2.45) is 0 Å². The molecule has 24 heavy (non-hydrogen) atoms. The van der Waals surface area contributed by atoms with Crippen LogP contribution >= 0.6 is 0 Å². The Morgan fingerprint density at radius 3 is 2.42 bits per heavy atom. The summed E-state index contributed by atoms with van der Waals surface area (Å²) in [6.07, 6.45) is 0. The maximum Gasteiger partial charge on any atom is 0.335 e. The molecule has 0 amide bonds. The number of aromatic nitrogens is 2. The Balaban J connectivity index is 1.53. The van der Waals surface area contributed by atoms with Crippen LogP contribution in [0.5, 0.6) is 0 Å². The number of hydrogen-bond donors (Lipinski definition) is 1. The molecule has 2 heterocycles. The van der Waals surface area contributed by atoms with Crippen molar-refractivity contribution >= 4 is 11.9 Å². The standard InChI is InChI=1S/C17H22N4O3/c1-12(2)15-18-17(19-24-15)21-9-7-20(8-10-21)11-13-3-5-14(6-4-13)16(22)23/h3-6,12H,7-11H2,1-2H3,(H,22,23). The summed E-state index contributed by atoms with van der Waals surface area (Å²) in [5.74, 6) is 0.687. The van der Waals surface area contributed by atoms with Gasteiger partial charge < -0.3 is 14.5 Å². The first-order valence-electron chi connectivity index (χ1n) is 8.16. The van der Waals surface area contributed by atoms with Crippen molar-refractivity contribution in [2.45, 2.75) is 26.3 Å². The molecule has 0 bridgehead atoms. The number of rotatable bonds is 5. The molecule has 2 aromatic rings. The second kappa shape index (κ2) is 7.00. The van der Waals surface area contributed by atoms with Gasteiger partial charge in [0.1, 0.15) is 0 Å². The average molecular weight is 330 g/mol. The lowest BCUT2D eigenvalue weighted by Crippen LogP contribution is -2.46. The van der Waals surface area contributed by atoms with Crippen LogP contribution in [0.25, 0.3) is 0 Å². The van der Waals surface area contributed by atoms with Gasteiger partial charge in [-0.15, -0.1) is 0 Å². The number of hydrogen-bond acceptors (Lipinski definition) is 6. The van der Waals surface area contributed by atoms with E-state index in [2.05, 4.69) is 19.9 Å². The summed E-state index contributed by atoms with van der Waals surface area (Å²) < 4.78 is 5.27. The zero-order valence-corrected chi connectivity index (χ0v) is 14.0. The van der Waals surface area contributed by atoms with Gasteiger partial charge in [-0.2, -0.15) is 4.98 Å². The van der Waals surface area contributed by atoms with Gasteiger partial charge in [-0.25, -0.2) is 4.79 Å². The van der Waals surface area contributed by atoms with Crippen LogP contribution in [0.1, 0.15) is 41.6 Å². The highest BCUT2D eigenvalue weighted by Gasteiger charge is 2.21. The van der Waals surface area contributed by atoms with E-state index in [0.717, 1.165) is 38.3 Å². The Morgan fingerprint density at radius 1 is 1.21 bits per heavy atom. The van der Waals surface area contributed by atoms with Gasteiger partial charge in [-0.05, 0) is 22.9 Å². The highest BCUT2D eigenvalue weighted by molar-refractivity contribution is 5.87. The molecule has 0 radical (unpaired) electrons. The molecule has 1 saturated heterocycles. The van der Waals surface area contributed by atoms with Crippen molar-refractivity contribution < 1.29 is 14.4 Å². The minimum Gasteiger partial charge on any atom is -0.478 e. The van der Waals surface area contributed by atoms with Crippen molar-refractivity contribution in [3.05, 3.63) is 41.3 Å². The molecule has 0 saturated carbocycles. The first kappa shape index (κ1) is 16.4. The molecule has 1 aliphatic rings. The molecule has 7 heteroatoms. The van der Waals surface area contributed by atoms with E-state index >= 15 is 0 Å². The summed E-state index contributed by atoms with van der Waals surface area (Å²) in [4.78, 5) is 19.8. The van der Waals surface area contributed by atoms with Crippen LogP contribution in [0.3, 0.4) is 0 Å². The summed E-state index contributed by atoms with van der Waals surface area (Å²) in [6.45, 7) is 8.40. The number of carboxylic acid groups (broad SMARTS) is 1. The van der Waals surface area contributed by atoms with Gasteiger partial charge in [0.15, 0.2) is 0 Å². The number of nitrogens with zero attached hydrogens (tertiary/aromatic N) is 4. The Morgan fingerprint density at radius 2 is 1.88 bits per heavy atom. The molecule has 1 aromatic carbocycles. The molecule has 0 atom stereocenters. The first-order valence-corrected chi connectivity index (χ1v) is 8.16. The lowest BCUT2D eigenvalue weighted by atomic mass is 10.1. The third kappa shape index (κ3) is 3.73. The largest absolute Gasteiger partial charge is 0.478 e. The second-order valence-electron chi connectivity index (χ2n) is 6.35. The first-order chi connectivity index (χ1) is 11.5. The normalized spacial score (nSPS) is 15.9. The molecule has 128 valence electrons. The van der Waals surface area contributed by atoms with E-state index in [-0.39, 0.29) is 5.92 Å². The van der Waals surface area contributed by atoms with Crippen LogP contribution in [0.4, 0.5) is 5.95 Å². The van der Waals surface area contributed by atoms with Crippen LogP contribution in [0.2, 0.25) is 0 Å². The number of benzene rings is 1. The van der Waals surface area contributed by atoms with E-state index in [0.29, 0.717) is 17.4 Å². The fourth-order valence-electron chi connectivity index (χ4n) is 2.71. The third-order valence-corrected chi connectivity index (χ3v) is 4.19. The number of carbonyl (C=O) groups is 1. The highest BCUT2D eigenvalue weighted by atomic mass is 16.5. The lowest BCUT2D eigenvalue weighted by molar-refractivity contribution is 0.0697. The molecular formula is C17H22N4O3. The van der Waals surface area contributed by atoms with Gasteiger partial charge in [-0.1, -0.05) is 26.0 Å². The molecule has 0 aliphatic carbocycles. The smallest absolute Gasteiger partial charge is 0.335 e. The quantitative estimate of drug-likeness (QED) is 0.900. The number of aromatic carboxylic acids is 1. The predicted octanol–water partition coefficient (Wildman–Crippen LogP) is 2.21. The predicted molar refractivity (Wildman–Crippen MR) is 89.3 cm³/mol. The zero-order valence-electron chi connectivity index (χ0n) is 14.0. The van der Waals surface area contributed by atoms with Gasteiger partial charge in [0.2, 0.25) is 5.89 Å². The van der Waals surface area contributed by atoms with E-state index in [4.69, 9.17) is 9.63 Å². The monoisotopic (exact) mass is 330 g/mol. The minimum atomic E-state index is -0.893. The number of anilines is 1. The highest BCUT2D eigenvalue weighted by Crippen LogP contribution is 2.18. The fraction of sp³-hybridized carbons (Fsp3) is 0.471. The van der Waals surface area contributed by atoms with Crippen LogP contribution in [-0.2, 0) is 6.54 Å². The molecule has 1 N–H and O–H groups in total. The summed E-state index contributed by atoms with van der Waals surface area (Å²) in [5.41, 5.74) is 1.44. The van der Waals surface area contributed by atoms with Crippen molar-refractivity contribution in [1.82, 2.24) is 15.0 Å². The van der Waals surface area contributed by atoms with E-state index in [9.17, 15) is 4.79 Å². The van der Waals surface area contributed by atoms with Crippen molar-refractivity contribution in [3.8, 4) is 0 Å². The van der Waals surface area contributed by atoms with Crippen molar-refractivity contribution in [1.29, 1.82) is 0 Å². The lowest BCUT2D eigenvalue weighted by Gasteiger charge is -2.33. The maximum atomic E-state index is 10.9. The van der Waals surface area contributed by atoms with Gasteiger partial charge in [0.25, 0.3) is 5.95 Å². The van der Waals surface area contributed by atoms with Gasteiger partial charge >= 0.3 is 5.97 Å². The van der Waals surface area contributed by atoms with Gasteiger partial charge in [0, 0.05) is 38.6 Å². The van der Waals surface area contributed by atoms with Crippen LogP contribution in [0.15, 0.2) is 28.8 Å². The molecule has 7 nitrogen and oxygen atoms in total. The summed E-state index contributed by atoms with van der Waals surface area (Å²) in [7, 11) is 0.